The minimum Gasteiger partial charge on any atom is -0.354 e. The van der Waals surface area contributed by atoms with Gasteiger partial charge in [-0.25, -0.2) is 16.8 Å². The van der Waals surface area contributed by atoms with E-state index in [1.165, 1.54) is 0 Å². The third kappa shape index (κ3) is 6.02. The number of sulfone groups is 2. The van der Waals surface area contributed by atoms with E-state index in [1.807, 2.05) is 0 Å². The lowest BCUT2D eigenvalue weighted by Gasteiger charge is -2.10. The van der Waals surface area contributed by atoms with Gasteiger partial charge in [0.1, 0.15) is 15.6 Å². The number of amides is 1. The Balaban J connectivity index is 0.000000171. The first kappa shape index (κ1) is 14.4. The van der Waals surface area contributed by atoms with Gasteiger partial charge in [0.15, 0.2) is 9.84 Å². The van der Waals surface area contributed by atoms with Gasteiger partial charge in [-0.1, -0.05) is 6.42 Å². The van der Waals surface area contributed by atoms with E-state index in [0.29, 0.717) is 11.5 Å². The lowest BCUT2D eigenvalue weighted by molar-refractivity contribution is -0.118. The highest BCUT2D eigenvalue weighted by atomic mass is 32.2. The Labute approximate surface area is 102 Å². The van der Waals surface area contributed by atoms with Crippen molar-refractivity contribution in [3.8, 4) is 0 Å². The number of carbonyl (C=O) groups excluding carboxylic acids is 1. The van der Waals surface area contributed by atoms with E-state index in [1.54, 1.807) is 0 Å². The van der Waals surface area contributed by atoms with Crippen LogP contribution in [0, 0.1) is 0 Å². The quantitative estimate of drug-likeness (QED) is 0.622. The molecule has 1 amide bonds. The van der Waals surface area contributed by atoms with Gasteiger partial charge in [0, 0.05) is 6.54 Å². The van der Waals surface area contributed by atoms with Crippen LogP contribution in [0.5, 0.6) is 0 Å². The zero-order chi connectivity index (χ0) is 12.9. The van der Waals surface area contributed by atoms with Crippen molar-refractivity contribution in [1.82, 2.24) is 5.32 Å². The smallest absolute Gasteiger partial charge is 0.235 e. The molecule has 2 rings (SSSR count). The molecule has 0 aromatic carbocycles. The van der Waals surface area contributed by atoms with Crippen molar-refractivity contribution in [3.05, 3.63) is 0 Å². The fourth-order valence-electron chi connectivity index (χ4n) is 1.59. The topological polar surface area (TPSA) is 97.4 Å². The summed E-state index contributed by atoms with van der Waals surface area (Å²) < 4.78 is 42.5. The van der Waals surface area contributed by atoms with E-state index in [2.05, 4.69) is 5.32 Å². The molecule has 2 aliphatic heterocycles. The molecule has 2 saturated heterocycles. The molecule has 0 aliphatic carbocycles. The average Bonchev–Trinajstić information content (AvgIpc) is 2.15. The van der Waals surface area contributed by atoms with Gasteiger partial charge in [-0.3, -0.25) is 4.79 Å². The Kier molecular flexibility index (Phi) is 4.93. The van der Waals surface area contributed by atoms with Crippen LogP contribution in [0.15, 0.2) is 0 Å². The van der Waals surface area contributed by atoms with Gasteiger partial charge >= 0.3 is 0 Å². The summed E-state index contributed by atoms with van der Waals surface area (Å²) in [5.41, 5.74) is 0. The maximum Gasteiger partial charge on any atom is 0.235 e. The number of carbonyl (C=O) groups is 1. The van der Waals surface area contributed by atoms with Crippen molar-refractivity contribution < 1.29 is 21.6 Å². The van der Waals surface area contributed by atoms with E-state index in [0.717, 1.165) is 19.3 Å². The molecule has 0 atom stereocenters. The number of hydrogen-bond donors (Lipinski definition) is 1. The molecular weight excluding hydrogens is 266 g/mol. The van der Waals surface area contributed by atoms with E-state index >= 15 is 0 Å². The summed E-state index contributed by atoms with van der Waals surface area (Å²) in [5, 5.41) is 2.42. The van der Waals surface area contributed by atoms with Crippen LogP contribution >= 0.6 is 0 Å². The van der Waals surface area contributed by atoms with Crippen molar-refractivity contribution in [2.24, 2.45) is 0 Å². The second kappa shape index (κ2) is 5.81. The van der Waals surface area contributed by atoms with E-state index in [-0.39, 0.29) is 24.0 Å². The molecule has 0 aromatic rings. The van der Waals surface area contributed by atoms with Crippen LogP contribution in [-0.4, -0.2) is 52.3 Å². The monoisotopic (exact) mass is 283 g/mol. The summed E-state index contributed by atoms with van der Waals surface area (Å²) in [6, 6.07) is 0. The molecule has 0 aromatic heterocycles. The standard InChI is InChI=1S/C5H10O2S.C4H7NO3S/c6-8(7)4-2-1-3-5-8;6-4-3-9(7,8)2-1-5-4/h1-5H2;1-3H2,(H,5,6). The molecule has 0 unspecified atom stereocenters. The molecule has 6 nitrogen and oxygen atoms in total. The van der Waals surface area contributed by atoms with Gasteiger partial charge in [-0.05, 0) is 12.8 Å². The van der Waals surface area contributed by atoms with Crippen LogP contribution in [0.2, 0.25) is 0 Å². The van der Waals surface area contributed by atoms with Crippen LogP contribution in [0.25, 0.3) is 0 Å². The van der Waals surface area contributed by atoms with Crippen molar-refractivity contribution in [2.45, 2.75) is 19.3 Å². The van der Waals surface area contributed by atoms with Crippen molar-refractivity contribution in [2.75, 3.05) is 29.6 Å². The third-order valence-electron chi connectivity index (χ3n) is 2.50. The predicted molar refractivity (Wildman–Crippen MR) is 64.2 cm³/mol. The van der Waals surface area contributed by atoms with Crippen molar-refractivity contribution in [1.29, 1.82) is 0 Å². The highest BCUT2D eigenvalue weighted by molar-refractivity contribution is 7.92. The maximum absolute atomic E-state index is 10.7. The summed E-state index contributed by atoms with van der Waals surface area (Å²) in [7, 11) is -5.63. The minimum absolute atomic E-state index is 0.0821. The lowest BCUT2D eigenvalue weighted by atomic mass is 10.3. The third-order valence-corrected chi connectivity index (χ3v) is 5.85. The molecule has 8 heteroatoms. The van der Waals surface area contributed by atoms with Crippen LogP contribution in [0.4, 0.5) is 0 Å². The molecule has 0 spiro atoms. The molecule has 2 aliphatic rings. The highest BCUT2D eigenvalue weighted by Crippen LogP contribution is 2.09. The molecular formula is C9H17NO5S2. The summed E-state index contributed by atoms with van der Waals surface area (Å²) in [4.78, 5) is 10.4. The summed E-state index contributed by atoms with van der Waals surface area (Å²) in [6.07, 6.45) is 2.85. The van der Waals surface area contributed by atoms with Crippen LogP contribution < -0.4 is 5.32 Å². The Morgan fingerprint density at radius 3 is 1.71 bits per heavy atom. The normalized spacial score (nSPS) is 26.2. The first-order chi connectivity index (χ1) is 7.81. The fraction of sp³-hybridized carbons (Fsp3) is 0.889. The van der Waals surface area contributed by atoms with E-state index < -0.39 is 19.7 Å². The predicted octanol–water partition coefficient (Wildman–Crippen LogP) is -0.884. The van der Waals surface area contributed by atoms with Crippen molar-refractivity contribution >= 4 is 25.6 Å². The number of rotatable bonds is 0. The van der Waals surface area contributed by atoms with Gasteiger partial charge < -0.3 is 5.32 Å². The lowest BCUT2D eigenvalue weighted by Crippen LogP contribution is -2.40. The first-order valence-electron chi connectivity index (χ1n) is 5.48. The van der Waals surface area contributed by atoms with Gasteiger partial charge in [-0.2, -0.15) is 0 Å². The molecule has 0 radical (unpaired) electrons. The second-order valence-electron chi connectivity index (χ2n) is 4.15. The Morgan fingerprint density at radius 2 is 1.41 bits per heavy atom. The fourth-order valence-corrected chi connectivity index (χ4v) is 4.14. The largest absolute Gasteiger partial charge is 0.354 e. The Morgan fingerprint density at radius 1 is 0.824 bits per heavy atom. The summed E-state index contributed by atoms with van der Waals surface area (Å²) in [6.45, 7) is 0.265. The van der Waals surface area contributed by atoms with E-state index in [9.17, 15) is 21.6 Å². The average molecular weight is 283 g/mol. The van der Waals surface area contributed by atoms with Crippen LogP contribution in [-0.2, 0) is 24.5 Å². The molecule has 2 fully saturated rings. The van der Waals surface area contributed by atoms with Gasteiger partial charge in [-0.15, -0.1) is 0 Å². The molecule has 0 saturated carbocycles. The Hall–Kier alpha value is -0.630. The number of hydrogen-bond acceptors (Lipinski definition) is 5. The van der Waals surface area contributed by atoms with Gasteiger partial charge in [0.05, 0.1) is 17.3 Å². The summed E-state index contributed by atoms with van der Waals surface area (Å²) in [5.74, 6) is 0.201. The highest BCUT2D eigenvalue weighted by Gasteiger charge is 2.20. The SMILES string of the molecule is O=C1CS(=O)(=O)CCN1.O=S1(=O)CCCCC1. The Bertz CT molecular complexity index is 454. The van der Waals surface area contributed by atoms with Gasteiger partial charge in [0.25, 0.3) is 0 Å². The summed E-state index contributed by atoms with van der Waals surface area (Å²) >= 11 is 0. The zero-order valence-electron chi connectivity index (χ0n) is 9.51. The van der Waals surface area contributed by atoms with Gasteiger partial charge in [0.2, 0.25) is 5.91 Å². The molecule has 1 N–H and O–H groups in total. The molecule has 2 heterocycles. The first-order valence-corrected chi connectivity index (χ1v) is 9.13. The second-order valence-corrected chi connectivity index (χ2v) is 8.64. The molecule has 17 heavy (non-hydrogen) atoms. The van der Waals surface area contributed by atoms with E-state index in [4.69, 9.17) is 0 Å². The molecule has 100 valence electrons. The van der Waals surface area contributed by atoms with Crippen LogP contribution in [0.3, 0.4) is 0 Å². The van der Waals surface area contributed by atoms with Crippen molar-refractivity contribution in [3.63, 3.8) is 0 Å². The van der Waals surface area contributed by atoms with Crippen LogP contribution in [0.1, 0.15) is 19.3 Å². The minimum atomic E-state index is -3.04. The maximum atomic E-state index is 10.7. The number of nitrogens with one attached hydrogen (secondary N) is 1. The zero-order valence-corrected chi connectivity index (χ0v) is 11.1. The molecule has 0 bridgehead atoms.